The standard InChI is InChI=1S/C20H26N2O2S/c1-5-14-7-10-16(11-8-14)21-20(25)22-17(6-2)15-9-12-18(23-3)19(13-15)24-4/h7-13,17H,5-6H2,1-4H3,(H2,21,22,25). The smallest absolute Gasteiger partial charge is 0.171 e. The molecular formula is C20H26N2O2S. The monoisotopic (exact) mass is 358 g/mol. The summed E-state index contributed by atoms with van der Waals surface area (Å²) in [7, 11) is 3.28. The fraction of sp³-hybridized carbons (Fsp3) is 0.350. The second kappa shape index (κ2) is 9.28. The Morgan fingerprint density at radius 1 is 1.00 bits per heavy atom. The van der Waals surface area contributed by atoms with Crippen molar-refractivity contribution in [3.8, 4) is 11.5 Å². The number of benzene rings is 2. The third-order valence-corrected chi connectivity index (χ3v) is 4.36. The first-order valence-corrected chi connectivity index (χ1v) is 8.90. The zero-order valence-corrected chi connectivity index (χ0v) is 16.1. The van der Waals surface area contributed by atoms with Crippen molar-refractivity contribution in [1.29, 1.82) is 0 Å². The second-order valence-electron chi connectivity index (χ2n) is 5.72. The van der Waals surface area contributed by atoms with E-state index in [-0.39, 0.29) is 6.04 Å². The third kappa shape index (κ3) is 5.10. The maximum atomic E-state index is 5.47. The molecule has 0 aliphatic heterocycles. The van der Waals surface area contributed by atoms with Gasteiger partial charge in [0.1, 0.15) is 0 Å². The topological polar surface area (TPSA) is 42.5 Å². The molecule has 0 bridgehead atoms. The Morgan fingerprint density at radius 2 is 1.68 bits per heavy atom. The number of ether oxygens (including phenoxy) is 2. The van der Waals surface area contributed by atoms with Crippen molar-refractivity contribution in [3.63, 3.8) is 0 Å². The van der Waals surface area contributed by atoms with Crippen molar-refractivity contribution in [2.45, 2.75) is 32.7 Å². The molecule has 0 heterocycles. The van der Waals surface area contributed by atoms with Gasteiger partial charge in [-0.3, -0.25) is 0 Å². The van der Waals surface area contributed by atoms with Crippen LogP contribution >= 0.6 is 12.2 Å². The van der Waals surface area contributed by atoms with Crippen LogP contribution in [-0.4, -0.2) is 19.3 Å². The van der Waals surface area contributed by atoms with Crippen molar-refractivity contribution in [3.05, 3.63) is 53.6 Å². The van der Waals surface area contributed by atoms with Gasteiger partial charge >= 0.3 is 0 Å². The number of nitrogens with one attached hydrogen (secondary N) is 2. The molecule has 2 aromatic rings. The maximum absolute atomic E-state index is 5.47. The molecule has 0 fully saturated rings. The highest BCUT2D eigenvalue weighted by Crippen LogP contribution is 2.30. The number of hydrogen-bond acceptors (Lipinski definition) is 3. The molecule has 1 atom stereocenters. The summed E-state index contributed by atoms with van der Waals surface area (Å²) < 4.78 is 10.7. The highest BCUT2D eigenvalue weighted by atomic mass is 32.1. The molecule has 0 aliphatic carbocycles. The van der Waals surface area contributed by atoms with Crippen LogP contribution in [0.2, 0.25) is 0 Å². The maximum Gasteiger partial charge on any atom is 0.171 e. The molecule has 0 aliphatic rings. The molecule has 0 radical (unpaired) electrons. The number of methoxy groups -OCH3 is 2. The lowest BCUT2D eigenvalue weighted by Crippen LogP contribution is -2.32. The SMILES string of the molecule is CCc1ccc(NC(=S)NC(CC)c2ccc(OC)c(OC)c2)cc1. The number of hydrogen-bond donors (Lipinski definition) is 2. The van der Waals surface area contributed by atoms with Gasteiger partial charge in [-0.15, -0.1) is 0 Å². The molecule has 0 saturated heterocycles. The number of thiocarbonyl (C=S) groups is 1. The zero-order valence-electron chi connectivity index (χ0n) is 15.3. The molecule has 1 unspecified atom stereocenters. The molecule has 2 rings (SSSR count). The first-order valence-electron chi connectivity index (χ1n) is 8.49. The van der Waals surface area contributed by atoms with Crippen LogP contribution in [0.15, 0.2) is 42.5 Å². The minimum Gasteiger partial charge on any atom is -0.493 e. The normalized spacial score (nSPS) is 11.5. The lowest BCUT2D eigenvalue weighted by Gasteiger charge is -2.21. The van der Waals surface area contributed by atoms with Gasteiger partial charge in [-0.25, -0.2) is 0 Å². The summed E-state index contributed by atoms with van der Waals surface area (Å²) in [6.45, 7) is 4.26. The van der Waals surface area contributed by atoms with E-state index in [4.69, 9.17) is 21.7 Å². The average Bonchev–Trinajstić information content (AvgIpc) is 2.66. The predicted octanol–water partition coefficient (Wildman–Crippen LogP) is 4.70. The van der Waals surface area contributed by atoms with Crippen LogP contribution in [0.3, 0.4) is 0 Å². The minimum atomic E-state index is 0.0923. The Balaban J connectivity index is 2.06. The molecule has 5 heteroatoms. The van der Waals surface area contributed by atoms with Gasteiger partial charge in [0.25, 0.3) is 0 Å². The van der Waals surface area contributed by atoms with Crippen molar-refractivity contribution in [2.75, 3.05) is 19.5 Å². The Labute approximate surface area is 155 Å². The summed E-state index contributed by atoms with van der Waals surface area (Å²) >= 11 is 5.47. The van der Waals surface area contributed by atoms with Crippen molar-refractivity contribution < 1.29 is 9.47 Å². The molecule has 0 aromatic heterocycles. The summed E-state index contributed by atoms with van der Waals surface area (Å²) in [4.78, 5) is 0. The van der Waals surface area contributed by atoms with Gasteiger partial charge in [-0.2, -0.15) is 0 Å². The van der Waals surface area contributed by atoms with E-state index in [1.165, 1.54) is 5.56 Å². The van der Waals surface area contributed by atoms with Crippen LogP contribution in [0.25, 0.3) is 0 Å². The Hall–Kier alpha value is -2.27. The van der Waals surface area contributed by atoms with E-state index in [1.54, 1.807) is 14.2 Å². The Kier molecular flexibility index (Phi) is 7.07. The van der Waals surface area contributed by atoms with Gasteiger partial charge in [-0.05, 0) is 60.5 Å². The lowest BCUT2D eigenvalue weighted by molar-refractivity contribution is 0.354. The molecule has 4 nitrogen and oxygen atoms in total. The highest BCUT2D eigenvalue weighted by molar-refractivity contribution is 7.80. The lowest BCUT2D eigenvalue weighted by atomic mass is 10.0. The first kappa shape index (κ1) is 19.1. The van der Waals surface area contributed by atoms with Gasteiger partial charge in [-0.1, -0.05) is 32.0 Å². The fourth-order valence-electron chi connectivity index (χ4n) is 2.64. The van der Waals surface area contributed by atoms with E-state index in [0.717, 1.165) is 29.8 Å². The van der Waals surface area contributed by atoms with Crippen LogP contribution in [0.4, 0.5) is 5.69 Å². The van der Waals surface area contributed by atoms with E-state index in [1.807, 2.05) is 30.3 Å². The van der Waals surface area contributed by atoms with E-state index >= 15 is 0 Å². The summed E-state index contributed by atoms with van der Waals surface area (Å²) in [5.41, 5.74) is 3.39. The van der Waals surface area contributed by atoms with Crippen LogP contribution in [0.1, 0.15) is 37.4 Å². The van der Waals surface area contributed by atoms with Crippen molar-refractivity contribution in [2.24, 2.45) is 0 Å². The van der Waals surface area contributed by atoms with E-state index in [2.05, 4.69) is 36.6 Å². The molecule has 0 amide bonds. The molecule has 25 heavy (non-hydrogen) atoms. The van der Waals surface area contributed by atoms with Crippen molar-refractivity contribution in [1.82, 2.24) is 5.32 Å². The number of aryl methyl sites for hydroxylation is 1. The fourth-order valence-corrected chi connectivity index (χ4v) is 2.90. The highest BCUT2D eigenvalue weighted by Gasteiger charge is 2.14. The van der Waals surface area contributed by atoms with Crippen molar-refractivity contribution >= 4 is 23.0 Å². The van der Waals surface area contributed by atoms with E-state index in [0.29, 0.717) is 10.9 Å². The summed E-state index contributed by atoms with van der Waals surface area (Å²) in [5.74, 6) is 1.44. The Bertz CT molecular complexity index is 701. The quantitative estimate of drug-likeness (QED) is 0.702. The van der Waals surface area contributed by atoms with Crippen LogP contribution in [0.5, 0.6) is 11.5 Å². The Morgan fingerprint density at radius 3 is 2.24 bits per heavy atom. The van der Waals surface area contributed by atoms with Gasteiger partial charge < -0.3 is 20.1 Å². The predicted molar refractivity (Wildman–Crippen MR) is 108 cm³/mol. The number of rotatable bonds is 7. The van der Waals surface area contributed by atoms with Gasteiger partial charge in [0.15, 0.2) is 16.6 Å². The zero-order chi connectivity index (χ0) is 18.2. The van der Waals surface area contributed by atoms with Gasteiger partial charge in [0, 0.05) is 5.69 Å². The molecule has 0 saturated carbocycles. The molecule has 2 N–H and O–H groups in total. The number of anilines is 1. The second-order valence-corrected chi connectivity index (χ2v) is 6.13. The summed E-state index contributed by atoms with van der Waals surface area (Å²) in [6, 6.07) is 14.3. The first-order chi connectivity index (χ1) is 12.1. The summed E-state index contributed by atoms with van der Waals surface area (Å²) in [5, 5.41) is 7.22. The van der Waals surface area contributed by atoms with Crippen LogP contribution in [0, 0.1) is 0 Å². The third-order valence-electron chi connectivity index (χ3n) is 4.14. The minimum absolute atomic E-state index is 0.0923. The largest absolute Gasteiger partial charge is 0.493 e. The van der Waals surface area contributed by atoms with E-state index < -0.39 is 0 Å². The van der Waals surface area contributed by atoms with Crippen LogP contribution < -0.4 is 20.1 Å². The van der Waals surface area contributed by atoms with Crippen LogP contribution in [-0.2, 0) is 6.42 Å². The summed E-state index contributed by atoms with van der Waals surface area (Å²) in [6.07, 6.45) is 1.92. The average molecular weight is 359 g/mol. The molecule has 2 aromatic carbocycles. The van der Waals surface area contributed by atoms with E-state index in [9.17, 15) is 0 Å². The molecule has 0 spiro atoms. The van der Waals surface area contributed by atoms with Gasteiger partial charge in [0.2, 0.25) is 0 Å². The van der Waals surface area contributed by atoms with Gasteiger partial charge in [0.05, 0.1) is 20.3 Å². The molecular weight excluding hydrogens is 332 g/mol. The molecule has 134 valence electrons.